The highest BCUT2D eigenvalue weighted by Crippen LogP contribution is 2.37. The molecule has 2 unspecified atom stereocenters. The van der Waals surface area contributed by atoms with E-state index in [1.54, 1.807) is 12.1 Å². The molecule has 1 heterocycles. The second-order valence-electron chi connectivity index (χ2n) is 7.27. The smallest absolute Gasteiger partial charge is 0.326 e. The van der Waals surface area contributed by atoms with E-state index in [0.29, 0.717) is 24.8 Å². The van der Waals surface area contributed by atoms with E-state index in [1.807, 2.05) is 30.3 Å². The van der Waals surface area contributed by atoms with Gasteiger partial charge in [0.25, 0.3) is 0 Å². The average molecular weight is 429 g/mol. The van der Waals surface area contributed by atoms with Crippen molar-refractivity contribution in [1.82, 2.24) is 10.2 Å². The number of hydrogen-bond acceptors (Lipinski definition) is 5. The Hall–Kier alpha value is -3.00. The van der Waals surface area contributed by atoms with Gasteiger partial charge in [0.05, 0.1) is 17.8 Å². The topological polar surface area (TPSA) is 107 Å². The van der Waals surface area contributed by atoms with Gasteiger partial charge in [-0.2, -0.15) is 12.6 Å². The van der Waals surface area contributed by atoms with Crippen LogP contribution in [0.15, 0.2) is 54.6 Å². The summed E-state index contributed by atoms with van der Waals surface area (Å²) in [6.07, 6.45) is 1.18. The molecule has 0 spiro atoms. The number of aromatic hydroxyl groups is 1. The van der Waals surface area contributed by atoms with Crippen LogP contribution >= 0.6 is 12.6 Å². The Bertz CT molecular complexity index is 921. The van der Waals surface area contributed by atoms with Gasteiger partial charge in [-0.25, -0.2) is 4.79 Å². The molecule has 2 aromatic carbocycles. The van der Waals surface area contributed by atoms with E-state index < -0.39 is 35.1 Å². The maximum Gasteiger partial charge on any atom is 0.326 e. The summed E-state index contributed by atoms with van der Waals surface area (Å²) in [5, 5.41) is 21.2. The largest absolute Gasteiger partial charge is 0.508 e. The van der Waals surface area contributed by atoms with Crippen LogP contribution in [-0.2, 0) is 20.8 Å². The SMILES string of the molecule is O=C(NCC(=O)N1C(c2cccc(O)c2)CC[C@H]1C(=O)O)C(S)Cc1ccccc1. The number of carboxylic acid groups (broad SMARTS) is 1. The summed E-state index contributed by atoms with van der Waals surface area (Å²) in [7, 11) is 0. The van der Waals surface area contributed by atoms with Crippen LogP contribution in [-0.4, -0.2) is 50.7 Å². The van der Waals surface area contributed by atoms with Crippen molar-refractivity contribution >= 4 is 30.4 Å². The highest BCUT2D eigenvalue weighted by Gasteiger charge is 2.41. The number of nitrogens with one attached hydrogen (secondary N) is 1. The molecular weight excluding hydrogens is 404 g/mol. The van der Waals surface area contributed by atoms with Crippen molar-refractivity contribution < 1.29 is 24.6 Å². The molecule has 3 N–H and O–H groups in total. The van der Waals surface area contributed by atoms with Crippen LogP contribution in [0.2, 0.25) is 0 Å². The molecule has 3 rings (SSSR count). The molecule has 3 atom stereocenters. The molecule has 0 saturated carbocycles. The number of carboxylic acids is 1. The first kappa shape index (κ1) is 21.7. The van der Waals surface area contributed by atoms with Crippen LogP contribution in [0.25, 0.3) is 0 Å². The zero-order valence-corrected chi connectivity index (χ0v) is 17.2. The highest BCUT2D eigenvalue weighted by molar-refractivity contribution is 7.81. The number of phenols is 1. The maximum atomic E-state index is 12.9. The number of aliphatic carboxylic acids is 1. The molecular formula is C22H24N2O5S. The summed E-state index contributed by atoms with van der Waals surface area (Å²) < 4.78 is 0. The fraction of sp³-hybridized carbons (Fsp3) is 0.318. The first-order valence-corrected chi connectivity index (χ1v) is 10.2. The minimum absolute atomic E-state index is 0.0470. The summed E-state index contributed by atoms with van der Waals surface area (Å²) in [5.41, 5.74) is 1.61. The van der Waals surface area contributed by atoms with E-state index in [9.17, 15) is 24.6 Å². The Morgan fingerprint density at radius 2 is 1.83 bits per heavy atom. The molecule has 0 radical (unpaired) electrons. The summed E-state index contributed by atoms with van der Waals surface area (Å²) in [6.45, 7) is -0.316. The van der Waals surface area contributed by atoms with Crippen molar-refractivity contribution in [3.8, 4) is 5.75 Å². The average Bonchev–Trinajstić information content (AvgIpc) is 3.18. The third-order valence-electron chi connectivity index (χ3n) is 5.20. The Labute approximate surface area is 180 Å². The molecule has 7 nitrogen and oxygen atoms in total. The fourth-order valence-electron chi connectivity index (χ4n) is 3.76. The number of amides is 2. The standard InChI is InChI=1S/C22H24N2O5S/c25-16-8-4-7-15(12-16)17-9-10-18(22(28)29)24(17)20(26)13-23-21(27)19(30)11-14-5-2-1-3-6-14/h1-8,12,17-19,25,30H,9-11,13H2,(H,23,27)(H,28,29)/t17?,18-,19?/m0/s1. The molecule has 2 amide bonds. The predicted molar refractivity (Wildman–Crippen MR) is 114 cm³/mol. The Kier molecular flexibility index (Phi) is 6.99. The van der Waals surface area contributed by atoms with Gasteiger partial charge in [-0.05, 0) is 42.5 Å². The van der Waals surface area contributed by atoms with Crippen LogP contribution in [0, 0.1) is 0 Å². The Balaban J connectivity index is 1.66. The third-order valence-corrected chi connectivity index (χ3v) is 5.62. The van der Waals surface area contributed by atoms with Gasteiger partial charge in [0, 0.05) is 0 Å². The maximum absolute atomic E-state index is 12.9. The van der Waals surface area contributed by atoms with Crippen LogP contribution < -0.4 is 5.32 Å². The summed E-state index contributed by atoms with van der Waals surface area (Å²) in [4.78, 5) is 38.2. The molecule has 158 valence electrons. The fourth-order valence-corrected chi connectivity index (χ4v) is 4.06. The van der Waals surface area contributed by atoms with Crippen molar-refractivity contribution in [2.75, 3.05) is 6.54 Å². The van der Waals surface area contributed by atoms with Gasteiger partial charge in [-0.1, -0.05) is 42.5 Å². The predicted octanol–water partition coefficient (Wildman–Crippen LogP) is 2.17. The lowest BCUT2D eigenvalue weighted by atomic mass is 10.0. The molecule has 0 aliphatic carbocycles. The zero-order chi connectivity index (χ0) is 21.7. The number of thiol groups is 1. The first-order chi connectivity index (χ1) is 14.4. The molecule has 1 saturated heterocycles. The normalized spacial score (nSPS) is 19.3. The van der Waals surface area contributed by atoms with E-state index in [4.69, 9.17) is 0 Å². The van der Waals surface area contributed by atoms with Crippen LogP contribution in [0.4, 0.5) is 0 Å². The third kappa shape index (κ3) is 5.13. The van der Waals surface area contributed by atoms with Gasteiger partial charge in [0.15, 0.2) is 0 Å². The second kappa shape index (κ2) is 9.67. The van der Waals surface area contributed by atoms with Crippen LogP contribution in [0.1, 0.15) is 30.0 Å². The summed E-state index contributed by atoms with van der Waals surface area (Å²) in [6, 6.07) is 14.4. The molecule has 0 bridgehead atoms. The minimum Gasteiger partial charge on any atom is -0.508 e. The van der Waals surface area contributed by atoms with Gasteiger partial charge in [-0.15, -0.1) is 0 Å². The molecule has 8 heteroatoms. The van der Waals surface area contributed by atoms with Crippen molar-refractivity contribution in [3.05, 3.63) is 65.7 Å². The van der Waals surface area contributed by atoms with Crippen molar-refractivity contribution in [3.63, 3.8) is 0 Å². The lowest BCUT2D eigenvalue weighted by molar-refractivity contribution is -0.149. The van der Waals surface area contributed by atoms with E-state index in [0.717, 1.165) is 5.56 Å². The molecule has 2 aromatic rings. The number of nitrogens with zero attached hydrogens (tertiary/aromatic N) is 1. The molecule has 30 heavy (non-hydrogen) atoms. The number of likely N-dealkylation sites (tertiary alicyclic amines) is 1. The van der Waals surface area contributed by atoms with Crippen molar-refractivity contribution in [1.29, 1.82) is 0 Å². The first-order valence-electron chi connectivity index (χ1n) is 9.69. The Morgan fingerprint density at radius 3 is 2.50 bits per heavy atom. The number of phenolic OH excluding ortho intramolecular Hbond substituents is 1. The molecule has 1 aliphatic rings. The van der Waals surface area contributed by atoms with E-state index in [2.05, 4.69) is 17.9 Å². The summed E-state index contributed by atoms with van der Waals surface area (Å²) >= 11 is 4.33. The highest BCUT2D eigenvalue weighted by atomic mass is 32.1. The van der Waals surface area contributed by atoms with Crippen LogP contribution in [0.5, 0.6) is 5.75 Å². The molecule has 1 fully saturated rings. The minimum atomic E-state index is -1.09. The lowest BCUT2D eigenvalue weighted by Crippen LogP contribution is -2.47. The van der Waals surface area contributed by atoms with Crippen molar-refractivity contribution in [2.24, 2.45) is 0 Å². The quantitative estimate of drug-likeness (QED) is 0.506. The molecule has 1 aliphatic heterocycles. The molecule has 0 aromatic heterocycles. The van der Waals surface area contributed by atoms with Gasteiger partial charge < -0.3 is 20.4 Å². The number of rotatable bonds is 7. The van der Waals surface area contributed by atoms with Crippen molar-refractivity contribution in [2.45, 2.75) is 36.6 Å². The van der Waals surface area contributed by atoms with Gasteiger partial charge in [-0.3, -0.25) is 9.59 Å². The zero-order valence-electron chi connectivity index (χ0n) is 16.3. The van der Waals surface area contributed by atoms with E-state index in [-0.39, 0.29) is 12.3 Å². The van der Waals surface area contributed by atoms with Gasteiger partial charge in [0.1, 0.15) is 11.8 Å². The number of carbonyl (C=O) groups is 3. The van der Waals surface area contributed by atoms with Gasteiger partial charge in [0.2, 0.25) is 11.8 Å². The van der Waals surface area contributed by atoms with Gasteiger partial charge >= 0.3 is 5.97 Å². The Morgan fingerprint density at radius 1 is 1.10 bits per heavy atom. The monoisotopic (exact) mass is 428 g/mol. The number of hydrogen-bond donors (Lipinski definition) is 4. The van der Waals surface area contributed by atoms with E-state index in [1.165, 1.54) is 17.0 Å². The van der Waals surface area contributed by atoms with E-state index >= 15 is 0 Å². The summed E-state index contributed by atoms with van der Waals surface area (Å²) in [5.74, 6) is -1.92. The second-order valence-corrected chi connectivity index (χ2v) is 7.89. The number of carbonyl (C=O) groups excluding carboxylic acids is 2. The van der Waals surface area contributed by atoms with Crippen LogP contribution in [0.3, 0.4) is 0 Å². The number of benzene rings is 2. The lowest BCUT2D eigenvalue weighted by Gasteiger charge is -2.29.